The molecule has 1 aliphatic heterocycles. The van der Waals surface area contributed by atoms with Crippen molar-refractivity contribution >= 4 is 17.4 Å². The predicted octanol–water partition coefficient (Wildman–Crippen LogP) is 3.48. The predicted molar refractivity (Wildman–Crippen MR) is 89.2 cm³/mol. The van der Waals surface area contributed by atoms with Crippen LogP contribution in [0.4, 0.5) is 5.69 Å². The number of anilines is 1. The molecule has 0 amide bonds. The van der Waals surface area contributed by atoms with Crippen LogP contribution in [-0.2, 0) is 0 Å². The lowest BCUT2D eigenvalue weighted by atomic mass is 10.2. The molecule has 1 aliphatic rings. The van der Waals surface area contributed by atoms with Crippen LogP contribution in [0.1, 0.15) is 20.8 Å². The van der Waals surface area contributed by atoms with Crippen LogP contribution in [0.25, 0.3) is 0 Å². The monoisotopic (exact) mass is 278 g/mol. The van der Waals surface area contributed by atoms with Crippen LogP contribution in [0.5, 0.6) is 0 Å². The molecule has 1 N–H and O–H groups in total. The molecule has 0 spiro atoms. The van der Waals surface area contributed by atoms with Crippen LogP contribution < -0.4 is 10.2 Å². The molecule has 0 bridgehead atoms. The quantitative estimate of drug-likeness (QED) is 0.658. The Morgan fingerprint density at radius 3 is 2.05 bits per heavy atom. The van der Waals surface area contributed by atoms with Gasteiger partial charge in [-0.1, -0.05) is 13.8 Å². The maximum Gasteiger partial charge on any atom is 0.0367 e. The fraction of sp³-hybridized carbons (Fsp3) is 0.500. The lowest BCUT2D eigenvalue weighted by Gasteiger charge is -2.29. The smallest absolute Gasteiger partial charge is 0.0367 e. The van der Waals surface area contributed by atoms with Crippen LogP contribution in [0.2, 0.25) is 0 Å². The number of terminal acetylenes is 1. The van der Waals surface area contributed by atoms with E-state index in [9.17, 15) is 0 Å². The molecule has 0 unspecified atom stereocenters. The van der Waals surface area contributed by atoms with Gasteiger partial charge >= 0.3 is 0 Å². The van der Waals surface area contributed by atoms with Crippen LogP contribution in [0, 0.1) is 12.3 Å². The third-order valence-corrected chi connectivity index (χ3v) is 3.30. The number of nitrogens with one attached hydrogen (secondary N) is 1. The molecule has 1 heterocycles. The summed E-state index contributed by atoms with van der Waals surface area (Å²) in [6.45, 7) is 10.1. The van der Waals surface area contributed by atoms with Crippen LogP contribution in [-0.4, -0.2) is 32.4 Å². The molecule has 0 aliphatic carbocycles. The Labute approximate surface area is 123 Å². The Morgan fingerprint density at radius 2 is 1.63 bits per heavy atom. The van der Waals surface area contributed by atoms with Gasteiger partial charge in [0.15, 0.2) is 0 Å². The number of piperazine rings is 1. The van der Waals surface area contributed by atoms with E-state index in [4.69, 9.17) is 0 Å². The lowest BCUT2D eigenvalue weighted by Crippen LogP contribution is -2.43. The molecule has 0 saturated carbocycles. The van der Waals surface area contributed by atoms with E-state index in [0.717, 1.165) is 26.2 Å². The molecule has 3 heteroatoms. The highest BCUT2D eigenvalue weighted by atomic mass is 32.2. The summed E-state index contributed by atoms with van der Waals surface area (Å²) in [5.41, 5.74) is 1.35. The van der Waals surface area contributed by atoms with Crippen LogP contribution in [0.3, 0.4) is 0 Å². The second-order valence-corrected chi connectivity index (χ2v) is 4.60. The van der Waals surface area contributed by atoms with Gasteiger partial charge in [-0.05, 0) is 37.4 Å². The number of thioether (sulfide) groups is 1. The summed E-state index contributed by atoms with van der Waals surface area (Å²) in [5, 5.41) is 3.36. The lowest BCUT2D eigenvalue weighted by molar-refractivity contribution is 0.589. The van der Waals surface area contributed by atoms with E-state index in [1.807, 2.05) is 13.8 Å². The first-order valence-electron chi connectivity index (χ1n) is 6.79. The summed E-state index contributed by atoms with van der Waals surface area (Å²) in [7, 11) is 0. The van der Waals surface area contributed by atoms with Gasteiger partial charge in [0, 0.05) is 36.8 Å². The van der Waals surface area contributed by atoms with Crippen molar-refractivity contribution in [2.45, 2.75) is 25.7 Å². The highest BCUT2D eigenvalue weighted by molar-refractivity contribution is 7.98. The molecular weight excluding hydrogens is 252 g/mol. The minimum atomic E-state index is 1.10. The van der Waals surface area contributed by atoms with Crippen LogP contribution >= 0.6 is 11.8 Å². The molecule has 0 atom stereocenters. The zero-order valence-corrected chi connectivity index (χ0v) is 13.4. The minimum Gasteiger partial charge on any atom is -0.369 e. The second kappa shape index (κ2) is 12.0. The van der Waals surface area contributed by atoms with E-state index < -0.39 is 0 Å². The first kappa shape index (κ1) is 17.9. The van der Waals surface area contributed by atoms with Crippen molar-refractivity contribution in [1.82, 2.24) is 5.32 Å². The van der Waals surface area contributed by atoms with Crippen molar-refractivity contribution in [3.63, 3.8) is 0 Å². The van der Waals surface area contributed by atoms with E-state index >= 15 is 0 Å². The van der Waals surface area contributed by atoms with E-state index in [2.05, 4.69) is 53.1 Å². The second-order valence-electron chi connectivity index (χ2n) is 3.72. The molecule has 2 nitrogen and oxygen atoms in total. The van der Waals surface area contributed by atoms with Gasteiger partial charge < -0.3 is 10.2 Å². The van der Waals surface area contributed by atoms with Crippen molar-refractivity contribution in [2.24, 2.45) is 0 Å². The molecule has 0 aromatic heterocycles. The molecule has 19 heavy (non-hydrogen) atoms. The molecule has 0 radical (unpaired) electrons. The zero-order chi connectivity index (χ0) is 14.5. The zero-order valence-electron chi connectivity index (χ0n) is 12.6. The molecule has 1 aromatic carbocycles. The Morgan fingerprint density at radius 1 is 1.16 bits per heavy atom. The normalized spacial score (nSPS) is 13.3. The topological polar surface area (TPSA) is 15.3 Å². The Balaban J connectivity index is 0.000000573. The van der Waals surface area contributed by atoms with Crippen molar-refractivity contribution in [1.29, 1.82) is 0 Å². The summed E-state index contributed by atoms with van der Waals surface area (Å²) < 4.78 is 0. The number of benzene rings is 1. The van der Waals surface area contributed by atoms with Gasteiger partial charge in [-0.25, -0.2) is 0 Å². The summed E-state index contributed by atoms with van der Waals surface area (Å²) in [4.78, 5) is 3.77. The molecule has 1 fully saturated rings. The van der Waals surface area contributed by atoms with E-state index in [1.54, 1.807) is 18.7 Å². The number of nitrogens with zero attached hydrogens (tertiary/aromatic N) is 1. The summed E-state index contributed by atoms with van der Waals surface area (Å²) >= 11 is 1.79. The average Bonchev–Trinajstić information content (AvgIpc) is 2.51. The van der Waals surface area contributed by atoms with Gasteiger partial charge in [-0.3, -0.25) is 0 Å². The van der Waals surface area contributed by atoms with Crippen molar-refractivity contribution in [2.75, 3.05) is 37.3 Å². The van der Waals surface area contributed by atoms with Crippen LogP contribution in [0.15, 0.2) is 29.2 Å². The van der Waals surface area contributed by atoms with E-state index in [-0.39, 0.29) is 0 Å². The Bertz CT molecular complexity index is 348. The molecular formula is C16H26N2S. The third kappa shape index (κ3) is 7.15. The van der Waals surface area contributed by atoms with Gasteiger partial charge in [0.1, 0.15) is 0 Å². The highest BCUT2D eigenvalue weighted by Crippen LogP contribution is 2.20. The molecule has 1 aromatic rings. The van der Waals surface area contributed by atoms with Gasteiger partial charge in [-0.2, -0.15) is 0 Å². The van der Waals surface area contributed by atoms with E-state index in [0.29, 0.717) is 0 Å². The maximum atomic E-state index is 4.60. The maximum absolute atomic E-state index is 4.60. The largest absolute Gasteiger partial charge is 0.369 e. The first-order chi connectivity index (χ1) is 9.31. The standard InChI is InChI=1S/C11H16N2S.C3H4.C2H6/c1-14-11-4-2-10(3-5-11)13-8-6-12-7-9-13;1-3-2;1-2/h2-5,12H,6-9H2,1H3;1H,2H3;1-2H3. The van der Waals surface area contributed by atoms with E-state index in [1.165, 1.54) is 10.6 Å². The number of hydrogen-bond donors (Lipinski definition) is 1. The average molecular weight is 278 g/mol. The summed E-state index contributed by atoms with van der Waals surface area (Å²) in [5.74, 6) is 2.25. The summed E-state index contributed by atoms with van der Waals surface area (Å²) in [6, 6.07) is 8.83. The SMILES string of the molecule is C#CC.CC.CSc1ccc(N2CCNCC2)cc1. The van der Waals surface area contributed by atoms with Crippen molar-refractivity contribution in [3.8, 4) is 12.3 Å². The Hall–Kier alpha value is -1.11. The first-order valence-corrected chi connectivity index (χ1v) is 8.01. The van der Waals surface area contributed by atoms with Gasteiger partial charge in [0.25, 0.3) is 0 Å². The number of hydrogen-bond acceptors (Lipinski definition) is 3. The van der Waals surface area contributed by atoms with Gasteiger partial charge in [0.05, 0.1) is 0 Å². The van der Waals surface area contributed by atoms with Crippen molar-refractivity contribution < 1.29 is 0 Å². The number of rotatable bonds is 2. The highest BCUT2D eigenvalue weighted by Gasteiger charge is 2.09. The van der Waals surface area contributed by atoms with Gasteiger partial charge in [-0.15, -0.1) is 24.1 Å². The summed E-state index contributed by atoms with van der Waals surface area (Å²) in [6.07, 6.45) is 6.71. The fourth-order valence-electron chi connectivity index (χ4n) is 1.72. The molecule has 2 rings (SSSR count). The van der Waals surface area contributed by atoms with Crippen molar-refractivity contribution in [3.05, 3.63) is 24.3 Å². The minimum absolute atomic E-state index is 1.10. The Kier molecular flexibility index (Phi) is 11.3. The fourth-order valence-corrected chi connectivity index (χ4v) is 2.12. The molecule has 1 saturated heterocycles. The molecule has 106 valence electrons. The van der Waals surface area contributed by atoms with Gasteiger partial charge in [0.2, 0.25) is 0 Å². The third-order valence-electron chi connectivity index (χ3n) is 2.55.